The lowest BCUT2D eigenvalue weighted by Crippen LogP contribution is -2.11. The lowest BCUT2D eigenvalue weighted by Gasteiger charge is -2.04. The number of fused-ring (bicyclic) bond motifs is 1. The van der Waals surface area contributed by atoms with Gasteiger partial charge in [-0.2, -0.15) is 0 Å². The van der Waals surface area contributed by atoms with Crippen molar-refractivity contribution in [2.75, 3.05) is 5.73 Å². The summed E-state index contributed by atoms with van der Waals surface area (Å²) in [7, 11) is 0. The van der Waals surface area contributed by atoms with E-state index in [0.717, 1.165) is 15.6 Å². The number of nitrogens with zero attached hydrogens (tertiary/aromatic N) is 2. The Bertz CT molecular complexity index is 770. The van der Waals surface area contributed by atoms with Crippen molar-refractivity contribution in [2.24, 2.45) is 0 Å². The Kier molecular flexibility index (Phi) is 3.30. The summed E-state index contributed by atoms with van der Waals surface area (Å²) in [5, 5.41) is 3.08. The van der Waals surface area contributed by atoms with Crippen molar-refractivity contribution in [1.82, 2.24) is 9.97 Å². The second-order valence-corrected chi connectivity index (χ2v) is 5.03. The fourth-order valence-electron chi connectivity index (χ4n) is 1.86. The monoisotopic (exact) mass is 285 g/mol. The van der Waals surface area contributed by atoms with E-state index in [4.69, 9.17) is 10.5 Å². The molecule has 2 N–H and O–H groups in total. The molecular weight excluding hydrogens is 274 g/mol. The molecule has 0 saturated carbocycles. The first-order valence-corrected chi connectivity index (χ1v) is 6.82. The van der Waals surface area contributed by atoms with Crippen molar-refractivity contribution in [3.63, 3.8) is 0 Å². The van der Waals surface area contributed by atoms with E-state index in [1.54, 1.807) is 11.3 Å². The van der Waals surface area contributed by atoms with E-state index < -0.39 is 5.97 Å². The van der Waals surface area contributed by atoms with E-state index in [0.29, 0.717) is 0 Å². The first-order chi connectivity index (χ1) is 9.75. The zero-order chi connectivity index (χ0) is 13.9. The van der Waals surface area contributed by atoms with Gasteiger partial charge in [0.15, 0.2) is 11.5 Å². The van der Waals surface area contributed by atoms with Crippen molar-refractivity contribution in [2.45, 2.75) is 6.61 Å². The molecular formula is C14H11N3O2S. The number of rotatable bonds is 3. The van der Waals surface area contributed by atoms with Crippen molar-refractivity contribution in [3.05, 3.63) is 53.3 Å². The fraction of sp³-hybridized carbons (Fsp3) is 0.0714. The topological polar surface area (TPSA) is 78.1 Å². The Morgan fingerprint density at radius 1 is 1.25 bits per heavy atom. The van der Waals surface area contributed by atoms with E-state index in [1.807, 2.05) is 29.6 Å². The number of carbonyl (C=O) groups excluding carboxylic acids is 1. The number of thiophene rings is 1. The van der Waals surface area contributed by atoms with E-state index >= 15 is 0 Å². The molecule has 0 aliphatic heterocycles. The Balaban J connectivity index is 1.77. The summed E-state index contributed by atoms with van der Waals surface area (Å²) in [5.74, 6) is -0.487. The smallest absolute Gasteiger partial charge is 0.361 e. The quantitative estimate of drug-likeness (QED) is 0.748. The van der Waals surface area contributed by atoms with Gasteiger partial charge in [0, 0.05) is 22.7 Å². The van der Waals surface area contributed by atoms with Gasteiger partial charge in [0.25, 0.3) is 0 Å². The molecule has 0 fully saturated rings. The maximum Gasteiger partial charge on any atom is 0.361 e. The van der Waals surface area contributed by atoms with E-state index in [2.05, 4.69) is 9.97 Å². The minimum atomic E-state index is -0.564. The Morgan fingerprint density at radius 2 is 2.05 bits per heavy atom. The van der Waals surface area contributed by atoms with E-state index in [-0.39, 0.29) is 18.1 Å². The van der Waals surface area contributed by atoms with Crippen LogP contribution >= 0.6 is 11.3 Å². The highest BCUT2D eigenvalue weighted by atomic mass is 32.1. The molecule has 6 heteroatoms. The minimum absolute atomic E-state index is 0.0482. The molecule has 2 heterocycles. The lowest BCUT2D eigenvalue weighted by molar-refractivity contribution is 0.0468. The second kappa shape index (κ2) is 5.26. The van der Waals surface area contributed by atoms with Crippen LogP contribution in [0.1, 0.15) is 16.1 Å². The van der Waals surface area contributed by atoms with Gasteiger partial charge in [0.05, 0.1) is 0 Å². The Morgan fingerprint density at radius 3 is 2.90 bits per heavy atom. The highest BCUT2D eigenvalue weighted by Crippen LogP contribution is 2.26. The molecule has 0 spiro atoms. The number of nitrogen functional groups attached to an aromatic ring is 1. The zero-order valence-electron chi connectivity index (χ0n) is 10.4. The number of nitrogens with two attached hydrogens (primary N) is 1. The van der Waals surface area contributed by atoms with Crippen molar-refractivity contribution in [1.29, 1.82) is 0 Å². The zero-order valence-corrected chi connectivity index (χ0v) is 11.3. The van der Waals surface area contributed by atoms with Crippen LogP contribution in [0, 0.1) is 0 Å². The SMILES string of the molecule is Nc1nccnc1C(=O)OCc1csc2ccccc12. The average molecular weight is 285 g/mol. The highest BCUT2D eigenvalue weighted by molar-refractivity contribution is 7.17. The number of hydrogen-bond donors (Lipinski definition) is 1. The Hall–Kier alpha value is -2.47. The predicted molar refractivity (Wildman–Crippen MR) is 77.4 cm³/mol. The van der Waals surface area contributed by atoms with E-state index in [1.165, 1.54) is 12.4 Å². The van der Waals surface area contributed by atoms with Crippen molar-refractivity contribution in [3.8, 4) is 0 Å². The number of benzene rings is 1. The third-order valence-corrected chi connectivity index (χ3v) is 3.85. The van der Waals surface area contributed by atoms with Gasteiger partial charge >= 0.3 is 5.97 Å². The molecule has 0 aliphatic carbocycles. The molecule has 0 bridgehead atoms. The van der Waals surface area contributed by atoms with Gasteiger partial charge in [-0.25, -0.2) is 14.8 Å². The summed E-state index contributed by atoms with van der Waals surface area (Å²) in [4.78, 5) is 19.6. The number of hydrogen-bond acceptors (Lipinski definition) is 6. The van der Waals surface area contributed by atoms with E-state index in [9.17, 15) is 4.79 Å². The van der Waals surface area contributed by atoms with Crippen LogP contribution in [0.25, 0.3) is 10.1 Å². The van der Waals surface area contributed by atoms with Crippen LogP contribution in [0.3, 0.4) is 0 Å². The number of esters is 1. The van der Waals surface area contributed by atoms with Crippen LogP contribution in [0.4, 0.5) is 5.82 Å². The van der Waals surface area contributed by atoms with Crippen LogP contribution in [0.5, 0.6) is 0 Å². The first-order valence-electron chi connectivity index (χ1n) is 5.94. The Labute approximate surface area is 119 Å². The van der Waals surface area contributed by atoms with Gasteiger partial charge in [-0.15, -0.1) is 11.3 Å². The van der Waals surface area contributed by atoms with Gasteiger partial charge in [0.2, 0.25) is 0 Å². The maximum atomic E-state index is 11.9. The van der Waals surface area contributed by atoms with Crippen LogP contribution in [-0.4, -0.2) is 15.9 Å². The maximum absolute atomic E-state index is 11.9. The van der Waals surface area contributed by atoms with Gasteiger partial charge < -0.3 is 10.5 Å². The van der Waals surface area contributed by atoms with Gasteiger partial charge in [-0.3, -0.25) is 0 Å². The molecule has 20 heavy (non-hydrogen) atoms. The molecule has 0 unspecified atom stereocenters. The molecule has 3 aromatic rings. The number of carbonyl (C=O) groups is 1. The summed E-state index contributed by atoms with van der Waals surface area (Å²) in [5.41, 5.74) is 6.61. The molecule has 100 valence electrons. The number of aromatic nitrogens is 2. The first kappa shape index (κ1) is 12.6. The van der Waals surface area contributed by atoms with Crippen LogP contribution < -0.4 is 5.73 Å². The minimum Gasteiger partial charge on any atom is -0.456 e. The molecule has 3 rings (SSSR count). The highest BCUT2D eigenvalue weighted by Gasteiger charge is 2.14. The van der Waals surface area contributed by atoms with Crippen LogP contribution in [-0.2, 0) is 11.3 Å². The normalized spacial score (nSPS) is 10.6. The summed E-state index contributed by atoms with van der Waals surface area (Å²) >= 11 is 1.62. The largest absolute Gasteiger partial charge is 0.456 e. The predicted octanol–water partition coefficient (Wildman–Crippen LogP) is 2.63. The fourth-order valence-corrected chi connectivity index (χ4v) is 2.81. The summed E-state index contributed by atoms with van der Waals surface area (Å²) in [6, 6.07) is 7.98. The molecule has 0 saturated heterocycles. The third kappa shape index (κ3) is 2.33. The summed E-state index contributed by atoms with van der Waals surface area (Å²) < 4.78 is 6.41. The molecule has 5 nitrogen and oxygen atoms in total. The van der Waals surface area contributed by atoms with Gasteiger partial charge in [0.1, 0.15) is 6.61 Å². The van der Waals surface area contributed by atoms with Crippen LogP contribution in [0.2, 0.25) is 0 Å². The molecule has 1 aromatic carbocycles. The number of ether oxygens (including phenoxy) is 1. The number of anilines is 1. The third-order valence-electron chi connectivity index (χ3n) is 2.84. The molecule has 0 amide bonds. The second-order valence-electron chi connectivity index (χ2n) is 4.12. The summed E-state index contributed by atoms with van der Waals surface area (Å²) in [6.45, 7) is 0.193. The standard InChI is InChI=1S/C14H11N3O2S/c15-13-12(16-5-6-17-13)14(18)19-7-9-8-20-11-4-2-1-3-10(9)11/h1-6,8H,7H2,(H2,15,17). The lowest BCUT2D eigenvalue weighted by atomic mass is 10.2. The van der Waals surface area contributed by atoms with Gasteiger partial charge in [-0.1, -0.05) is 18.2 Å². The van der Waals surface area contributed by atoms with Crippen molar-refractivity contribution < 1.29 is 9.53 Å². The molecule has 0 radical (unpaired) electrons. The molecule has 0 aliphatic rings. The molecule has 0 atom stereocenters. The molecule has 2 aromatic heterocycles. The summed E-state index contributed by atoms with van der Waals surface area (Å²) in [6.07, 6.45) is 2.84. The van der Waals surface area contributed by atoms with Crippen LogP contribution in [0.15, 0.2) is 42.0 Å². The van der Waals surface area contributed by atoms with Crippen molar-refractivity contribution >= 4 is 33.2 Å². The van der Waals surface area contributed by atoms with Gasteiger partial charge in [-0.05, 0) is 16.8 Å². The average Bonchev–Trinajstić information content (AvgIpc) is 2.88.